The Labute approximate surface area is 151 Å². The van der Waals surface area contributed by atoms with Gasteiger partial charge in [0.05, 0.1) is 13.2 Å². The van der Waals surface area contributed by atoms with Crippen molar-refractivity contribution in [3.8, 4) is 0 Å². The zero-order valence-electron chi connectivity index (χ0n) is 16.7. The molecule has 0 saturated carbocycles. The van der Waals surface area contributed by atoms with Crippen molar-refractivity contribution in [1.29, 1.82) is 0 Å². The second-order valence-corrected chi connectivity index (χ2v) is 7.60. The molecular weight excluding hydrogens is 322 g/mol. The second kappa shape index (κ2) is 11.1. The SMILES string of the molecule is CCCCNC(=O)[C@H](C)NC(=O)[C@H](CC(C)(C)C)N[C@H](C)C(=O)OC. The number of carbonyl (C=O) groups is 3. The van der Waals surface area contributed by atoms with E-state index in [1.54, 1.807) is 13.8 Å². The molecule has 3 atom stereocenters. The van der Waals surface area contributed by atoms with Crippen LogP contribution in [0.1, 0.15) is 60.8 Å². The van der Waals surface area contributed by atoms with Crippen LogP contribution in [0.4, 0.5) is 0 Å². The van der Waals surface area contributed by atoms with Gasteiger partial charge in [-0.25, -0.2) is 0 Å². The molecule has 7 nitrogen and oxygen atoms in total. The maximum Gasteiger partial charge on any atom is 0.322 e. The predicted molar refractivity (Wildman–Crippen MR) is 98.0 cm³/mol. The molecule has 7 heteroatoms. The van der Waals surface area contributed by atoms with Gasteiger partial charge in [0.15, 0.2) is 0 Å². The number of rotatable bonds is 10. The molecule has 0 spiro atoms. The highest BCUT2D eigenvalue weighted by Gasteiger charge is 2.29. The molecule has 0 aliphatic carbocycles. The molecular formula is C18H35N3O4. The van der Waals surface area contributed by atoms with Crippen LogP contribution in [0.15, 0.2) is 0 Å². The van der Waals surface area contributed by atoms with Crippen LogP contribution >= 0.6 is 0 Å². The standard InChI is InChI=1S/C18H35N3O4/c1-8-9-10-19-15(22)12(2)21-16(23)14(11-18(4,5)6)20-13(3)17(24)25-7/h12-14,20H,8-11H2,1-7H3,(H,19,22)(H,21,23)/t12-,13+,14-/m0/s1. The number of hydrogen-bond donors (Lipinski definition) is 3. The van der Waals surface area contributed by atoms with Crippen molar-refractivity contribution in [2.45, 2.75) is 78.9 Å². The molecule has 0 rings (SSSR count). The third-order valence-electron chi connectivity index (χ3n) is 3.72. The summed E-state index contributed by atoms with van der Waals surface area (Å²) in [6, 6.07) is -1.85. The van der Waals surface area contributed by atoms with Crippen molar-refractivity contribution in [2.24, 2.45) is 5.41 Å². The summed E-state index contributed by atoms with van der Waals surface area (Å²) >= 11 is 0. The molecule has 0 heterocycles. The minimum atomic E-state index is -0.637. The Bertz CT molecular complexity index is 446. The van der Waals surface area contributed by atoms with Gasteiger partial charge in [0.1, 0.15) is 12.1 Å². The summed E-state index contributed by atoms with van der Waals surface area (Å²) in [5.41, 5.74) is -0.128. The number of nitrogens with one attached hydrogen (secondary N) is 3. The predicted octanol–water partition coefficient (Wildman–Crippen LogP) is 1.36. The zero-order valence-corrected chi connectivity index (χ0v) is 16.7. The molecule has 0 bridgehead atoms. The molecule has 0 radical (unpaired) electrons. The van der Waals surface area contributed by atoms with Gasteiger partial charge in [-0.05, 0) is 32.1 Å². The van der Waals surface area contributed by atoms with Crippen LogP contribution in [0.2, 0.25) is 0 Å². The fraction of sp³-hybridized carbons (Fsp3) is 0.833. The number of methoxy groups -OCH3 is 1. The molecule has 2 amide bonds. The number of ether oxygens (including phenoxy) is 1. The van der Waals surface area contributed by atoms with Crippen LogP contribution in [0.3, 0.4) is 0 Å². The molecule has 3 N–H and O–H groups in total. The fourth-order valence-corrected chi connectivity index (χ4v) is 2.31. The summed E-state index contributed by atoms with van der Waals surface area (Å²) in [5.74, 6) is -0.946. The molecule has 0 aliphatic heterocycles. The number of amides is 2. The van der Waals surface area contributed by atoms with E-state index in [0.29, 0.717) is 13.0 Å². The monoisotopic (exact) mass is 357 g/mol. The molecule has 0 aromatic heterocycles. The number of esters is 1. The van der Waals surface area contributed by atoms with Crippen molar-refractivity contribution in [1.82, 2.24) is 16.0 Å². The maximum atomic E-state index is 12.6. The van der Waals surface area contributed by atoms with Gasteiger partial charge >= 0.3 is 5.97 Å². The van der Waals surface area contributed by atoms with Crippen molar-refractivity contribution >= 4 is 17.8 Å². The van der Waals surface area contributed by atoms with E-state index in [-0.39, 0.29) is 17.2 Å². The van der Waals surface area contributed by atoms with Crippen LogP contribution in [0, 0.1) is 5.41 Å². The maximum absolute atomic E-state index is 12.6. The van der Waals surface area contributed by atoms with E-state index in [0.717, 1.165) is 12.8 Å². The summed E-state index contributed by atoms with van der Waals surface area (Å²) in [6.07, 6.45) is 2.41. The fourth-order valence-electron chi connectivity index (χ4n) is 2.31. The average molecular weight is 357 g/mol. The van der Waals surface area contributed by atoms with E-state index in [4.69, 9.17) is 4.74 Å². The van der Waals surface area contributed by atoms with Crippen molar-refractivity contribution < 1.29 is 19.1 Å². The van der Waals surface area contributed by atoms with Crippen LogP contribution < -0.4 is 16.0 Å². The topological polar surface area (TPSA) is 96.5 Å². The molecule has 0 fully saturated rings. The van der Waals surface area contributed by atoms with Gasteiger partial charge in [0.2, 0.25) is 11.8 Å². The molecule has 146 valence electrons. The van der Waals surface area contributed by atoms with Crippen LogP contribution in [0.25, 0.3) is 0 Å². The van der Waals surface area contributed by atoms with E-state index < -0.39 is 24.1 Å². The van der Waals surface area contributed by atoms with Crippen LogP contribution in [-0.2, 0) is 19.1 Å². The number of carbonyl (C=O) groups excluding carboxylic acids is 3. The second-order valence-electron chi connectivity index (χ2n) is 7.60. The largest absolute Gasteiger partial charge is 0.468 e. The first-order valence-electron chi connectivity index (χ1n) is 8.93. The molecule has 25 heavy (non-hydrogen) atoms. The van der Waals surface area contributed by atoms with Crippen molar-refractivity contribution in [3.05, 3.63) is 0 Å². The summed E-state index contributed by atoms with van der Waals surface area (Å²) in [7, 11) is 1.31. The lowest BCUT2D eigenvalue weighted by Gasteiger charge is -2.28. The summed E-state index contributed by atoms with van der Waals surface area (Å²) < 4.78 is 4.70. The highest BCUT2D eigenvalue weighted by molar-refractivity contribution is 5.90. The summed E-state index contributed by atoms with van der Waals surface area (Å²) in [5, 5.41) is 8.52. The lowest BCUT2D eigenvalue weighted by Crippen LogP contribution is -2.55. The first-order valence-corrected chi connectivity index (χ1v) is 8.93. The van der Waals surface area contributed by atoms with Crippen LogP contribution in [0.5, 0.6) is 0 Å². The smallest absolute Gasteiger partial charge is 0.322 e. The van der Waals surface area contributed by atoms with E-state index in [1.807, 2.05) is 27.7 Å². The third kappa shape index (κ3) is 10.1. The first kappa shape index (κ1) is 23.4. The van der Waals surface area contributed by atoms with Gasteiger partial charge in [0, 0.05) is 6.54 Å². The van der Waals surface area contributed by atoms with Gasteiger partial charge in [-0.3, -0.25) is 19.7 Å². The van der Waals surface area contributed by atoms with Crippen molar-refractivity contribution in [3.63, 3.8) is 0 Å². The number of hydrogen-bond acceptors (Lipinski definition) is 5. The third-order valence-corrected chi connectivity index (χ3v) is 3.72. The van der Waals surface area contributed by atoms with E-state index in [2.05, 4.69) is 16.0 Å². The van der Waals surface area contributed by atoms with E-state index in [9.17, 15) is 14.4 Å². The minimum absolute atomic E-state index is 0.128. The highest BCUT2D eigenvalue weighted by atomic mass is 16.5. The Hall–Kier alpha value is -1.63. The Balaban J connectivity index is 4.85. The van der Waals surface area contributed by atoms with Gasteiger partial charge in [-0.15, -0.1) is 0 Å². The van der Waals surface area contributed by atoms with Crippen molar-refractivity contribution in [2.75, 3.05) is 13.7 Å². The average Bonchev–Trinajstić information content (AvgIpc) is 2.51. The Morgan fingerprint density at radius 3 is 2.12 bits per heavy atom. The normalized spacial score (nSPS) is 15.0. The number of unbranched alkanes of at least 4 members (excludes halogenated alkanes) is 1. The van der Waals surface area contributed by atoms with Gasteiger partial charge < -0.3 is 15.4 Å². The van der Waals surface area contributed by atoms with Gasteiger partial charge in [-0.1, -0.05) is 34.1 Å². The Morgan fingerprint density at radius 1 is 1.04 bits per heavy atom. The molecule has 0 aliphatic rings. The summed E-state index contributed by atoms with van der Waals surface area (Å²) in [6.45, 7) is 12.0. The van der Waals surface area contributed by atoms with E-state index in [1.165, 1.54) is 7.11 Å². The molecule has 0 aromatic rings. The minimum Gasteiger partial charge on any atom is -0.468 e. The quantitative estimate of drug-likeness (QED) is 0.405. The zero-order chi connectivity index (χ0) is 19.6. The highest BCUT2D eigenvalue weighted by Crippen LogP contribution is 2.21. The molecule has 0 unspecified atom stereocenters. The first-order chi connectivity index (χ1) is 11.5. The Morgan fingerprint density at radius 2 is 1.64 bits per heavy atom. The summed E-state index contributed by atoms with van der Waals surface area (Å²) in [4.78, 5) is 36.3. The van der Waals surface area contributed by atoms with Gasteiger partial charge in [0.25, 0.3) is 0 Å². The van der Waals surface area contributed by atoms with E-state index >= 15 is 0 Å². The molecule has 0 aromatic carbocycles. The van der Waals surface area contributed by atoms with Crippen LogP contribution in [-0.4, -0.2) is 49.6 Å². The Kier molecular flexibility index (Phi) is 10.4. The van der Waals surface area contributed by atoms with Gasteiger partial charge in [-0.2, -0.15) is 0 Å². The molecule has 0 saturated heterocycles. The lowest BCUT2D eigenvalue weighted by atomic mass is 9.87. The lowest BCUT2D eigenvalue weighted by molar-refractivity contribution is -0.143.